The molecule has 0 spiro atoms. The Labute approximate surface area is 128 Å². The summed E-state index contributed by atoms with van der Waals surface area (Å²) in [5.41, 5.74) is 7.05. The zero-order valence-corrected chi connectivity index (χ0v) is 13.2. The second kappa shape index (κ2) is 9.40. The lowest BCUT2D eigenvalue weighted by molar-refractivity contribution is -0.132. The lowest BCUT2D eigenvalue weighted by atomic mass is 10.0. The number of rotatable bonds is 9. The number of carbonyl (C=O) groups is 1. The first-order valence-corrected chi connectivity index (χ1v) is 7.90. The van der Waals surface area contributed by atoms with Gasteiger partial charge in [0.15, 0.2) is 0 Å². The van der Waals surface area contributed by atoms with Crippen molar-refractivity contribution in [1.82, 2.24) is 4.90 Å². The first-order valence-electron chi connectivity index (χ1n) is 7.90. The first-order chi connectivity index (χ1) is 10.1. The van der Waals surface area contributed by atoms with Crippen LogP contribution in [-0.2, 0) is 11.2 Å². The van der Waals surface area contributed by atoms with Gasteiger partial charge in [0.2, 0.25) is 5.91 Å². The van der Waals surface area contributed by atoms with E-state index in [2.05, 4.69) is 13.8 Å². The van der Waals surface area contributed by atoms with Gasteiger partial charge >= 0.3 is 0 Å². The van der Waals surface area contributed by atoms with Crippen LogP contribution in [-0.4, -0.2) is 35.0 Å². The van der Waals surface area contributed by atoms with E-state index in [9.17, 15) is 9.90 Å². The summed E-state index contributed by atoms with van der Waals surface area (Å²) in [6.45, 7) is 5.83. The van der Waals surface area contributed by atoms with Gasteiger partial charge in [0, 0.05) is 13.1 Å². The second-order valence-electron chi connectivity index (χ2n) is 5.51. The summed E-state index contributed by atoms with van der Waals surface area (Å²) < 4.78 is 0. The van der Waals surface area contributed by atoms with E-state index in [1.807, 2.05) is 17.0 Å². The average molecular weight is 292 g/mol. The van der Waals surface area contributed by atoms with Crippen molar-refractivity contribution < 1.29 is 9.90 Å². The Balaban J connectivity index is 2.60. The highest BCUT2D eigenvalue weighted by Gasteiger charge is 2.20. The number of amides is 1. The minimum atomic E-state index is -0.511. The maximum atomic E-state index is 12.5. The van der Waals surface area contributed by atoms with Gasteiger partial charge in [0.1, 0.15) is 5.75 Å². The topological polar surface area (TPSA) is 66.6 Å². The van der Waals surface area contributed by atoms with Gasteiger partial charge in [-0.25, -0.2) is 0 Å². The fourth-order valence-corrected chi connectivity index (χ4v) is 2.24. The molecule has 1 aromatic rings. The molecular weight excluding hydrogens is 264 g/mol. The number of nitrogens with zero attached hydrogens (tertiary/aromatic N) is 1. The number of hydrogen-bond acceptors (Lipinski definition) is 3. The summed E-state index contributed by atoms with van der Waals surface area (Å²) >= 11 is 0. The van der Waals surface area contributed by atoms with E-state index < -0.39 is 6.04 Å². The Morgan fingerprint density at radius 1 is 1.14 bits per heavy atom. The van der Waals surface area contributed by atoms with Crippen molar-refractivity contribution in [3.8, 4) is 5.75 Å². The largest absolute Gasteiger partial charge is 0.508 e. The highest BCUT2D eigenvalue weighted by Crippen LogP contribution is 2.12. The molecule has 0 saturated heterocycles. The fourth-order valence-electron chi connectivity index (χ4n) is 2.24. The summed E-state index contributed by atoms with van der Waals surface area (Å²) in [4.78, 5) is 14.4. The van der Waals surface area contributed by atoms with Crippen molar-refractivity contribution in [3.05, 3.63) is 29.8 Å². The predicted molar refractivity (Wildman–Crippen MR) is 86.2 cm³/mol. The minimum Gasteiger partial charge on any atom is -0.508 e. The number of phenols is 1. The Hall–Kier alpha value is -1.55. The summed E-state index contributed by atoms with van der Waals surface area (Å²) in [6, 6.07) is 6.36. The van der Waals surface area contributed by atoms with Crippen LogP contribution in [0.25, 0.3) is 0 Å². The van der Waals surface area contributed by atoms with Crippen molar-refractivity contribution >= 4 is 5.91 Å². The van der Waals surface area contributed by atoms with E-state index in [0.29, 0.717) is 6.42 Å². The van der Waals surface area contributed by atoms with Crippen LogP contribution in [0, 0.1) is 0 Å². The lowest BCUT2D eigenvalue weighted by Crippen LogP contribution is -2.45. The van der Waals surface area contributed by atoms with Crippen LogP contribution in [0.3, 0.4) is 0 Å². The SMILES string of the molecule is CCCCN(CCCC)C(=O)C(N)Cc1ccc(O)cc1. The van der Waals surface area contributed by atoms with Crippen LogP contribution in [0.2, 0.25) is 0 Å². The first kappa shape index (κ1) is 17.5. The molecular formula is C17H28N2O2. The number of benzene rings is 1. The molecule has 0 aliphatic heterocycles. The number of unbranched alkanes of at least 4 members (excludes halogenated alkanes) is 2. The maximum absolute atomic E-state index is 12.5. The number of nitrogens with two attached hydrogens (primary N) is 1. The molecule has 0 aromatic heterocycles. The second-order valence-corrected chi connectivity index (χ2v) is 5.51. The molecule has 118 valence electrons. The van der Waals surface area contributed by atoms with E-state index in [1.165, 1.54) is 0 Å². The predicted octanol–water partition coefficient (Wildman–Crippen LogP) is 2.69. The van der Waals surface area contributed by atoms with E-state index in [4.69, 9.17) is 5.73 Å². The number of carbonyl (C=O) groups excluding carboxylic acids is 1. The van der Waals surface area contributed by atoms with Crippen molar-refractivity contribution in [2.75, 3.05) is 13.1 Å². The van der Waals surface area contributed by atoms with Crippen LogP contribution in [0.1, 0.15) is 45.1 Å². The molecule has 4 heteroatoms. The molecule has 21 heavy (non-hydrogen) atoms. The summed E-state index contributed by atoms with van der Waals surface area (Å²) in [5.74, 6) is 0.260. The van der Waals surface area contributed by atoms with Gasteiger partial charge < -0.3 is 15.7 Å². The van der Waals surface area contributed by atoms with Crippen LogP contribution < -0.4 is 5.73 Å². The van der Waals surface area contributed by atoms with Gasteiger partial charge in [0.05, 0.1) is 6.04 Å². The van der Waals surface area contributed by atoms with Crippen molar-refractivity contribution in [3.63, 3.8) is 0 Å². The third-order valence-corrected chi connectivity index (χ3v) is 3.58. The van der Waals surface area contributed by atoms with Crippen molar-refractivity contribution in [2.45, 2.75) is 52.0 Å². The van der Waals surface area contributed by atoms with E-state index >= 15 is 0 Å². The molecule has 4 nitrogen and oxygen atoms in total. The Kier molecular flexibility index (Phi) is 7.83. The van der Waals surface area contributed by atoms with Crippen molar-refractivity contribution in [2.24, 2.45) is 5.73 Å². The Morgan fingerprint density at radius 2 is 1.67 bits per heavy atom. The molecule has 0 radical (unpaired) electrons. The van der Waals surface area contributed by atoms with Gasteiger partial charge in [-0.05, 0) is 37.0 Å². The molecule has 0 bridgehead atoms. The highest BCUT2D eigenvalue weighted by atomic mass is 16.3. The molecule has 0 heterocycles. The monoisotopic (exact) mass is 292 g/mol. The normalized spacial score (nSPS) is 12.1. The number of hydrogen-bond donors (Lipinski definition) is 2. The average Bonchev–Trinajstić information content (AvgIpc) is 2.49. The molecule has 1 rings (SSSR count). The Bertz CT molecular complexity index is 409. The summed E-state index contributed by atoms with van der Waals surface area (Å²) in [5, 5.41) is 9.28. The summed E-state index contributed by atoms with van der Waals surface area (Å²) in [6.07, 6.45) is 4.68. The molecule has 0 aliphatic rings. The minimum absolute atomic E-state index is 0.0324. The third-order valence-electron chi connectivity index (χ3n) is 3.58. The summed E-state index contributed by atoms with van der Waals surface area (Å²) in [7, 11) is 0. The smallest absolute Gasteiger partial charge is 0.239 e. The molecule has 1 aromatic carbocycles. The van der Waals surface area contributed by atoms with Gasteiger partial charge in [-0.2, -0.15) is 0 Å². The van der Waals surface area contributed by atoms with Gasteiger partial charge in [0.25, 0.3) is 0 Å². The molecule has 0 saturated carbocycles. The lowest BCUT2D eigenvalue weighted by Gasteiger charge is -2.25. The van der Waals surface area contributed by atoms with Crippen LogP contribution in [0.4, 0.5) is 0 Å². The zero-order valence-electron chi connectivity index (χ0n) is 13.2. The standard InChI is InChI=1S/C17H28N2O2/c1-3-5-11-19(12-6-4-2)17(21)16(18)13-14-7-9-15(20)10-8-14/h7-10,16,20H,3-6,11-13,18H2,1-2H3. The molecule has 3 N–H and O–H groups in total. The van der Waals surface area contributed by atoms with Gasteiger partial charge in [-0.3, -0.25) is 4.79 Å². The van der Waals surface area contributed by atoms with Crippen LogP contribution >= 0.6 is 0 Å². The fraction of sp³-hybridized carbons (Fsp3) is 0.588. The zero-order chi connectivity index (χ0) is 15.7. The maximum Gasteiger partial charge on any atom is 0.239 e. The van der Waals surface area contributed by atoms with Gasteiger partial charge in [-0.1, -0.05) is 38.8 Å². The van der Waals surface area contributed by atoms with Crippen LogP contribution in [0.15, 0.2) is 24.3 Å². The molecule has 1 amide bonds. The number of aromatic hydroxyl groups is 1. The van der Waals surface area contributed by atoms with Gasteiger partial charge in [-0.15, -0.1) is 0 Å². The van der Waals surface area contributed by atoms with E-state index in [1.54, 1.807) is 12.1 Å². The molecule has 0 aliphatic carbocycles. The van der Waals surface area contributed by atoms with Crippen LogP contribution in [0.5, 0.6) is 5.75 Å². The van der Waals surface area contributed by atoms with Crippen molar-refractivity contribution in [1.29, 1.82) is 0 Å². The highest BCUT2D eigenvalue weighted by molar-refractivity contribution is 5.82. The third kappa shape index (κ3) is 6.17. The molecule has 1 unspecified atom stereocenters. The van der Waals surface area contributed by atoms with E-state index in [0.717, 1.165) is 44.3 Å². The molecule has 0 fully saturated rings. The number of phenolic OH excluding ortho intramolecular Hbond substituents is 1. The quantitative estimate of drug-likeness (QED) is 0.735. The Morgan fingerprint density at radius 3 is 2.14 bits per heavy atom. The van der Waals surface area contributed by atoms with E-state index in [-0.39, 0.29) is 11.7 Å². The molecule has 1 atom stereocenters.